The lowest BCUT2D eigenvalue weighted by Gasteiger charge is -2.36. The Hall–Kier alpha value is -2.09. The molecule has 2 rings (SSSR count). The molecule has 0 aliphatic heterocycles. The maximum absolute atomic E-state index is 12.7. The molecule has 2 N–H and O–H groups in total. The summed E-state index contributed by atoms with van der Waals surface area (Å²) in [5, 5.41) is 12.5. The fourth-order valence-electron chi connectivity index (χ4n) is 2.55. The van der Waals surface area contributed by atoms with Gasteiger partial charge in [-0.25, -0.2) is 0 Å². The Labute approximate surface area is 137 Å². The number of halogens is 3. The van der Waals surface area contributed by atoms with Crippen molar-refractivity contribution in [2.75, 3.05) is 25.0 Å². The summed E-state index contributed by atoms with van der Waals surface area (Å²) in [6.07, 6.45) is -2.02. The van der Waals surface area contributed by atoms with Crippen LogP contribution >= 0.6 is 0 Å². The van der Waals surface area contributed by atoms with Gasteiger partial charge in [0.05, 0.1) is 17.7 Å². The highest BCUT2D eigenvalue weighted by atomic mass is 19.4. The molecule has 1 aromatic rings. The summed E-state index contributed by atoms with van der Waals surface area (Å²) in [4.78, 5) is 24.4. The summed E-state index contributed by atoms with van der Waals surface area (Å²) in [5.41, 5.74) is -1.68. The first kappa shape index (κ1) is 18.3. The van der Waals surface area contributed by atoms with E-state index in [0.29, 0.717) is 19.1 Å². The molecule has 0 atom stereocenters. The number of hydrogen-bond acceptors (Lipinski definition) is 4. The van der Waals surface area contributed by atoms with Gasteiger partial charge in [0.2, 0.25) is 5.91 Å². The highest BCUT2D eigenvalue weighted by molar-refractivity contribution is 5.88. The fraction of sp³-hybridized carbons (Fsp3) is 0.500. The number of aldehydes is 1. The quantitative estimate of drug-likeness (QED) is 0.775. The van der Waals surface area contributed by atoms with Gasteiger partial charge >= 0.3 is 6.18 Å². The van der Waals surface area contributed by atoms with E-state index in [-0.39, 0.29) is 30.2 Å². The average molecular weight is 344 g/mol. The maximum atomic E-state index is 12.7. The Balaban J connectivity index is 2.01. The fourth-order valence-corrected chi connectivity index (χ4v) is 2.55. The molecule has 1 fully saturated rings. The smallest absolute Gasteiger partial charge is 0.388 e. The first-order valence-corrected chi connectivity index (χ1v) is 7.51. The Morgan fingerprint density at radius 1 is 1.42 bits per heavy atom. The van der Waals surface area contributed by atoms with Crippen molar-refractivity contribution in [2.24, 2.45) is 0 Å². The van der Waals surface area contributed by atoms with E-state index >= 15 is 0 Å². The van der Waals surface area contributed by atoms with Gasteiger partial charge in [-0.15, -0.1) is 0 Å². The predicted octanol–water partition coefficient (Wildman–Crippen LogP) is 1.99. The van der Waals surface area contributed by atoms with Crippen molar-refractivity contribution in [1.29, 1.82) is 0 Å². The van der Waals surface area contributed by atoms with E-state index in [1.807, 2.05) is 0 Å². The molecule has 5 nitrogen and oxygen atoms in total. The summed E-state index contributed by atoms with van der Waals surface area (Å²) in [6.45, 7) is 0.00943. The zero-order chi connectivity index (χ0) is 18.0. The molecule has 1 aliphatic carbocycles. The van der Waals surface area contributed by atoms with Gasteiger partial charge in [-0.3, -0.25) is 9.59 Å². The highest BCUT2D eigenvalue weighted by Gasteiger charge is 2.34. The number of benzene rings is 1. The van der Waals surface area contributed by atoms with Crippen LogP contribution in [0.4, 0.5) is 18.9 Å². The van der Waals surface area contributed by atoms with Crippen LogP contribution in [0.5, 0.6) is 0 Å². The Bertz CT molecular complexity index is 627. The lowest BCUT2D eigenvalue weighted by Crippen LogP contribution is -2.49. The van der Waals surface area contributed by atoms with Crippen molar-refractivity contribution in [3.05, 3.63) is 29.3 Å². The van der Waals surface area contributed by atoms with Crippen LogP contribution in [0.15, 0.2) is 18.2 Å². The van der Waals surface area contributed by atoms with Crippen molar-refractivity contribution >= 4 is 17.9 Å². The number of anilines is 1. The predicted molar refractivity (Wildman–Crippen MR) is 81.9 cm³/mol. The number of nitrogens with zero attached hydrogens (tertiary/aromatic N) is 1. The van der Waals surface area contributed by atoms with Crippen molar-refractivity contribution < 1.29 is 27.9 Å². The molecule has 0 heterocycles. The summed E-state index contributed by atoms with van der Waals surface area (Å²) < 4.78 is 38.0. The molecule has 0 bridgehead atoms. The minimum atomic E-state index is -4.54. The Morgan fingerprint density at radius 3 is 2.58 bits per heavy atom. The second kappa shape index (κ2) is 6.80. The number of carbonyl (C=O) groups is 2. The summed E-state index contributed by atoms with van der Waals surface area (Å²) >= 11 is 0. The largest absolute Gasteiger partial charge is 0.416 e. The van der Waals surface area contributed by atoms with E-state index in [2.05, 4.69) is 5.32 Å². The average Bonchev–Trinajstić information content (AvgIpc) is 2.49. The highest BCUT2D eigenvalue weighted by Crippen LogP contribution is 2.32. The third-order valence-corrected chi connectivity index (χ3v) is 4.17. The summed E-state index contributed by atoms with van der Waals surface area (Å²) in [5.74, 6) is -0.380. The second-order valence-electron chi connectivity index (χ2n) is 6.10. The van der Waals surface area contributed by atoms with Gasteiger partial charge in [0, 0.05) is 24.8 Å². The normalized spacial score (nSPS) is 16.2. The monoisotopic (exact) mass is 344 g/mol. The van der Waals surface area contributed by atoms with Crippen molar-refractivity contribution in [2.45, 2.75) is 31.0 Å². The van der Waals surface area contributed by atoms with Crippen LogP contribution in [0.2, 0.25) is 0 Å². The van der Waals surface area contributed by atoms with Gasteiger partial charge in [-0.05, 0) is 37.5 Å². The summed E-state index contributed by atoms with van der Waals surface area (Å²) in [7, 11) is 1.51. The van der Waals surface area contributed by atoms with Crippen molar-refractivity contribution in [3.8, 4) is 0 Å². The van der Waals surface area contributed by atoms with Gasteiger partial charge < -0.3 is 15.3 Å². The van der Waals surface area contributed by atoms with E-state index in [0.717, 1.165) is 18.6 Å². The van der Waals surface area contributed by atoms with Crippen LogP contribution in [0.25, 0.3) is 0 Å². The minimum Gasteiger partial charge on any atom is -0.388 e. The van der Waals surface area contributed by atoms with Gasteiger partial charge in [0.15, 0.2) is 6.29 Å². The molecular formula is C16H19F3N2O3. The van der Waals surface area contributed by atoms with Gasteiger partial charge in [0.1, 0.15) is 0 Å². The SMILES string of the molecule is CN(CC(=O)NCC1(O)CCC1)c1ccc(C(F)(F)F)cc1C=O. The first-order valence-electron chi connectivity index (χ1n) is 7.51. The van der Waals surface area contributed by atoms with Crippen LogP contribution in [0.1, 0.15) is 35.2 Å². The number of carbonyl (C=O) groups excluding carboxylic acids is 2. The van der Waals surface area contributed by atoms with E-state index in [1.165, 1.54) is 18.0 Å². The number of hydrogen-bond donors (Lipinski definition) is 2. The molecule has 24 heavy (non-hydrogen) atoms. The van der Waals surface area contributed by atoms with E-state index in [9.17, 15) is 27.9 Å². The van der Waals surface area contributed by atoms with Crippen LogP contribution in [-0.2, 0) is 11.0 Å². The summed E-state index contributed by atoms with van der Waals surface area (Å²) in [6, 6.07) is 2.79. The van der Waals surface area contributed by atoms with Gasteiger partial charge in [0.25, 0.3) is 0 Å². The van der Waals surface area contributed by atoms with Crippen LogP contribution in [0.3, 0.4) is 0 Å². The Kier molecular flexibility index (Phi) is 5.17. The Morgan fingerprint density at radius 2 is 2.08 bits per heavy atom. The number of nitrogens with one attached hydrogen (secondary N) is 1. The molecule has 132 valence electrons. The topological polar surface area (TPSA) is 69.6 Å². The maximum Gasteiger partial charge on any atom is 0.416 e. The minimum absolute atomic E-state index is 0.137. The molecule has 1 aromatic carbocycles. The van der Waals surface area contributed by atoms with Crippen molar-refractivity contribution in [3.63, 3.8) is 0 Å². The van der Waals surface area contributed by atoms with E-state index < -0.39 is 17.3 Å². The van der Waals surface area contributed by atoms with Crippen molar-refractivity contribution in [1.82, 2.24) is 5.32 Å². The lowest BCUT2D eigenvalue weighted by molar-refractivity contribution is -0.137. The molecular weight excluding hydrogens is 325 g/mol. The van der Waals surface area contributed by atoms with Gasteiger partial charge in [-0.1, -0.05) is 0 Å². The molecule has 1 amide bonds. The van der Waals surface area contributed by atoms with E-state index in [1.54, 1.807) is 0 Å². The van der Waals surface area contributed by atoms with E-state index in [4.69, 9.17) is 0 Å². The second-order valence-corrected chi connectivity index (χ2v) is 6.10. The number of likely N-dealkylation sites (N-methyl/N-ethyl adjacent to an activating group) is 1. The zero-order valence-electron chi connectivity index (χ0n) is 13.2. The zero-order valence-corrected chi connectivity index (χ0v) is 13.2. The van der Waals surface area contributed by atoms with Crippen LogP contribution in [-0.4, -0.2) is 43.0 Å². The van der Waals surface area contributed by atoms with Crippen LogP contribution in [0, 0.1) is 0 Å². The molecule has 1 aliphatic rings. The third-order valence-electron chi connectivity index (χ3n) is 4.17. The van der Waals surface area contributed by atoms with Crippen LogP contribution < -0.4 is 10.2 Å². The number of rotatable bonds is 6. The number of aliphatic hydroxyl groups is 1. The molecule has 0 saturated heterocycles. The molecule has 0 spiro atoms. The third kappa shape index (κ3) is 4.25. The molecule has 0 unspecified atom stereocenters. The molecule has 0 aromatic heterocycles. The standard InChI is InChI=1S/C16H19F3N2O3/c1-21(8-14(23)20-10-15(24)5-2-6-15)13-4-3-12(16(17,18)19)7-11(13)9-22/h3-4,7,9,24H,2,5-6,8,10H2,1H3,(H,20,23). The molecule has 8 heteroatoms. The number of alkyl halides is 3. The molecule has 1 saturated carbocycles. The first-order chi connectivity index (χ1) is 11.1. The van der Waals surface area contributed by atoms with Gasteiger partial charge in [-0.2, -0.15) is 13.2 Å². The number of amides is 1. The molecule has 0 radical (unpaired) electrons. The lowest BCUT2D eigenvalue weighted by atomic mass is 9.80.